The molecule has 4 nitrogen and oxygen atoms in total. The summed E-state index contributed by atoms with van der Waals surface area (Å²) in [6.45, 7) is 0. The Morgan fingerprint density at radius 2 is 1.79 bits per heavy atom. The maximum Gasteiger partial charge on any atom is 0.264 e. The monoisotopic (exact) mass is 289 g/mol. The van der Waals surface area contributed by atoms with Gasteiger partial charge in [-0.25, -0.2) is 21.9 Å². The molecule has 7 heteroatoms. The highest BCUT2D eigenvalue weighted by molar-refractivity contribution is 7.90. The highest BCUT2D eigenvalue weighted by atomic mass is 32.2. The van der Waals surface area contributed by atoms with Crippen molar-refractivity contribution in [1.82, 2.24) is 4.72 Å². The maximum atomic E-state index is 13.0. The lowest BCUT2D eigenvalue weighted by molar-refractivity contribution is 0.0980. The van der Waals surface area contributed by atoms with Crippen molar-refractivity contribution in [3.8, 4) is 0 Å². The minimum atomic E-state index is -3.75. The van der Waals surface area contributed by atoms with Crippen LogP contribution < -0.4 is 4.72 Å². The van der Waals surface area contributed by atoms with Crippen LogP contribution in [0.1, 0.15) is 36.0 Å². The molecule has 1 aliphatic rings. The summed E-state index contributed by atoms with van der Waals surface area (Å²) in [7, 11) is -3.75. The topological polar surface area (TPSA) is 63.2 Å². The van der Waals surface area contributed by atoms with Crippen LogP contribution in [0.5, 0.6) is 0 Å². The minimum absolute atomic E-state index is 0.222. The van der Waals surface area contributed by atoms with Crippen LogP contribution >= 0.6 is 0 Å². The molecule has 1 saturated carbocycles. The van der Waals surface area contributed by atoms with Crippen molar-refractivity contribution < 1.29 is 22.0 Å². The number of rotatable bonds is 3. The lowest BCUT2D eigenvalue weighted by Gasteiger charge is -2.12. The number of sulfonamides is 1. The molecule has 1 amide bonds. The second kappa shape index (κ2) is 5.24. The number of carbonyl (C=O) groups is 1. The van der Waals surface area contributed by atoms with Gasteiger partial charge in [0.25, 0.3) is 5.91 Å². The van der Waals surface area contributed by atoms with Gasteiger partial charge in [-0.15, -0.1) is 0 Å². The standard InChI is InChI=1S/C12H13F2NO3S/c13-10-6-5-8(7-11(10)14)12(16)15-19(17,18)9-3-1-2-4-9/h5-7,9H,1-4H2,(H,15,16). The lowest BCUT2D eigenvalue weighted by Crippen LogP contribution is -2.37. The molecule has 0 bridgehead atoms. The SMILES string of the molecule is O=C(NS(=O)(=O)C1CCCC1)c1ccc(F)c(F)c1. The van der Waals surface area contributed by atoms with Crippen molar-refractivity contribution in [2.45, 2.75) is 30.9 Å². The number of nitrogens with one attached hydrogen (secondary N) is 1. The normalized spacial score (nSPS) is 16.5. The van der Waals surface area contributed by atoms with E-state index < -0.39 is 32.8 Å². The maximum absolute atomic E-state index is 13.0. The molecule has 1 aromatic carbocycles. The first-order valence-electron chi connectivity index (χ1n) is 5.91. The van der Waals surface area contributed by atoms with Crippen molar-refractivity contribution >= 4 is 15.9 Å². The van der Waals surface area contributed by atoms with Gasteiger partial charge < -0.3 is 0 Å². The van der Waals surface area contributed by atoms with E-state index in [1.54, 1.807) is 0 Å². The first kappa shape index (κ1) is 13.9. The lowest BCUT2D eigenvalue weighted by atomic mass is 10.2. The minimum Gasteiger partial charge on any atom is -0.268 e. The quantitative estimate of drug-likeness (QED) is 0.925. The molecule has 0 atom stereocenters. The van der Waals surface area contributed by atoms with E-state index in [1.165, 1.54) is 0 Å². The Bertz CT molecular complexity index is 595. The van der Waals surface area contributed by atoms with Gasteiger partial charge in [-0.2, -0.15) is 0 Å². The fraction of sp³-hybridized carbons (Fsp3) is 0.417. The van der Waals surface area contributed by atoms with Gasteiger partial charge in [0, 0.05) is 5.56 Å². The summed E-state index contributed by atoms with van der Waals surface area (Å²) in [5.74, 6) is -3.22. The molecule has 0 saturated heterocycles. The average molecular weight is 289 g/mol. The van der Waals surface area contributed by atoms with Crippen molar-refractivity contribution in [2.24, 2.45) is 0 Å². The Hall–Kier alpha value is -1.50. The first-order chi connectivity index (χ1) is 8.90. The zero-order valence-electron chi connectivity index (χ0n) is 10.0. The molecule has 0 aliphatic heterocycles. The Morgan fingerprint density at radius 3 is 2.37 bits per heavy atom. The zero-order chi connectivity index (χ0) is 14.0. The fourth-order valence-electron chi connectivity index (χ4n) is 2.11. The Balaban J connectivity index is 2.14. The van der Waals surface area contributed by atoms with Crippen molar-refractivity contribution in [3.63, 3.8) is 0 Å². The van der Waals surface area contributed by atoms with Gasteiger partial charge in [-0.1, -0.05) is 12.8 Å². The highest BCUT2D eigenvalue weighted by Crippen LogP contribution is 2.24. The third-order valence-corrected chi connectivity index (χ3v) is 4.98. The third kappa shape index (κ3) is 3.09. The Kier molecular flexibility index (Phi) is 3.84. The van der Waals surface area contributed by atoms with Gasteiger partial charge >= 0.3 is 0 Å². The van der Waals surface area contributed by atoms with Crippen LogP contribution in [-0.2, 0) is 10.0 Å². The van der Waals surface area contributed by atoms with Gasteiger partial charge in [0.05, 0.1) is 5.25 Å². The van der Waals surface area contributed by atoms with Gasteiger partial charge in [0.1, 0.15) is 0 Å². The van der Waals surface area contributed by atoms with E-state index in [0.29, 0.717) is 18.9 Å². The van der Waals surface area contributed by atoms with Crippen LogP contribution in [0.15, 0.2) is 18.2 Å². The van der Waals surface area contributed by atoms with Gasteiger partial charge in [0.2, 0.25) is 10.0 Å². The number of benzene rings is 1. The summed E-state index contributed by atoms with van der Waals surface area (Å²) in [6, 6.07) is 2.50. The number of hydrogen-bond acceptors (Lipinski definition) is 3. The predicted octanol–water partition coefficient (Wildman–Crippen LogP) is 1.97. The molecule has 0 spiro atoms. The van der Waals surface area contributed by atoms with E-state index in [9.17, 15) is 22.0 Å². The third-order valence-electron chi connectivity index (χ3n) is 3.16. The summed E-state index contributed by atoms with van der Waals surface area (Å²) in [5, 5.41) is -0.582. The molecule has 1 aromatic rings. The summed E-state index contributed by atoms with van der Waals surface area (Å²) < 4.78 is 51.3. The van der Waals surface area contributed by atoms with Crippen LogP contribution in [0.4, 0.5) is 8.78 Å². The Morgan fingerprint density at radius 1 is 1.16 bits per heavy atom. The Labute approximate surface area is 109 Å². The first-order valence-corrected chi connectivity index (χ1v) is 7.46. The van der Waals surface area contributed by atoms with Crippen molar-refractivity contribution in [1.29, 1.82) is 0 Å². The van der Waals surface area contributed by atoms with Gasteiger partial charge in [-0.3, -0.25) is 4.79 Å². The van der Waals surface area contributed by atoms with E-state index >= 15 is 0 Å². The number of hydrogen-bond donors (Lipinski definition) is 1. The molecule has 0 radical (unpaired) electrons. The molecule has 2 rings (SSSR count). The molecule has 1 fully saturated rings. The predicted molar refractivity (Wildman–Crippen MR) is 65.0 cm³/mol. The molecule has 0 aromatic heterocycles. The van der Waals surface area contributed by atoms with E-state index in [0.717, 1.165) is 25.0 Å². The summed E-state index contributed by atoms with van der Waals surface area (Å²) in [4.78, 5) is 11.7. The second-order valence-corrected chi connectivity index (χ2v) is 6.47. The summed E-state index contributed by atoms with van der Waals surface area (Å²) in [6.07, 6.45) is 2.65. The van der Waals surface area contributed by atoms with E-state index in [1.807, 2.05) is 4.72 Å². The van der Waals surface area contributed by atoms with Crippen LogP contribution in [0.3, 0.4) is 0 Å². The zero-order valence-corrected chi connectivity index (χ0v) is 10.8. The number of amides is 1. The van der Waals surface area contributed by atoms with Crippen LogP contribution in [-0.4, -0.2) is 19.6 Å². The molecule has 0 heterocycles. The van der Waals surface area contributed by atoms with E-state index in [2.05, 4.69) is 0 Å². The van der Waals surface area contributed by atoms with Crippen LogP contribution in [0, 0.1) is 11.6 Å². The fourth-order valence-corrected chi connectivity index (χ4v) is 3.60. The molecule has 1 aliphatic carbocycles. The summed E-state index contributed by atoms with van der Waals surface area (Å²) in [5.41, 5.74) is -0.222. The number of halogens is 2. The molecule has 19 heavy (non-hydrogen) atoms. The van der Waals surface area contributed by atoms with E-state index in [4.69, 9.17) is 0 Å². The van der Waals surface area contributed by atoms with Crippen molar-refractivity contribution in [2.75, 3.05) is 0 Å². The molecule has 0 unspecified atom stereocenters. The molecular weight excluding hydrogens is 276 g/mol. The largest absolute Gasteiger partial charge is 0.268 e. The van der Waals surface area contributed by atoms with Crippen LogP contribution in [0.2, 0.25) is 0 Å². The summed E-state index contributed by atoms with van der Waals surface area (Å²) >= 11 is 0. The van der Waals surface area contributed by atoms with Gasteiger partial charge in [-0.05, 0) is 31.0 Å². The molecule has 104 valence electrons. The van der Waals surface area contributed by atoms with Crippen molar-refractivity contribution in [3.05, 3.63) is 35.4 Å². The van der Waals surface area contributed by atoms with Gasteiger partial charge in [0.15, 0.2) is 11.6 Å². The highest BCUT2D eigenvalue weighted by Gasteiger charge is 2.30. The van der Waals surface area contributed by atoms with Crippen LogP contribution in [0.25, 0.3) is 0 Å². The second-order valence-electron chi connectivity index (χ2n) is 4.51. The average Bonchev–Trinajstić information content (AvgIpc) is 2.86. The molecular formula is C12H13F2NO3S. The van der Waals surface area contributed by atoms with E-state index in [-0.39, 0.29) is 5.56 Å². The number of carbonyl (C=O) groups excluding carboxylic acids is 1. The smallest absolute Gasteiger partial charge is 0.264 e. The molecule has 1 N–H and O–H groups in total.